The molecule has 0 aromatic rings. The van der Waals surface area contributed by atoms with Gasteiger partial charge in [0.05, 0.1) is 5.92 Å². The Kier molecular flexibility index (Phi) is 3.95. The molecule has 11 heavy (non-hydrogen) atoms. The van der Waals surface area contributed by atoms with Crippen molar-refractivity contribution in [1.82, 2.24) is 0 Å². The van der Waals surface area contributed by atoms with E-state index in [2.05, 4.69) is 16.4 Å². The highest BCUT2D eigenvalue weighted by molar-refractivity contribution is 5.81. The molecule has 0 N–H and O–H groups in total. The van der Waals surface area contributed by atoms with Gasteiger partial charge in [0.2, 0.25) is 0 Å². The molecule has 0 aromatic carbocycles. The van der Waals surface area contributed by atoms with Gasteiger partial charge in [-0.15, -0.1) is 0 Å². The van der Waals surface area contributed by atoms with E-state index >= 15 is 0 Å². The highest BCUT2D eigenvalue weighted by atomic mass is 17.2. The van der Waals surface area contributed by atoms with Gasteiger partial charge in [0.1, 0.15) is 0 Å². The molecule has 62 valence electrons. The first-order valence-corrected chi connectivity index (χ1v) is 3.12. The van der Waals surface area contributed by atoms with Crippen molar-refractivity contribution in [2.75, 3.05) is 0 Å². The first kappa shape index (κ1) is 9.68. The summed E-state index contributed by atoms with van der Waals surface area (Å²) in [4.78, 5) is 29.1. The van der Waals surface area contributed by atoms with Crippen LogP contribution >= 0.6 is 0 Å². The summed E-state index contributed by atoms with van der Waals surface area (Å²) in [5.74, 6) is -1.67. The molecule has 0 unspecified atom stereocenters. The maximum Gasteiger partial charge on any atom is 0.378 e. The van der Waals surface area contributed by atoms with Crippen molar-refractivity contribution in [3.8, 4) is 0 Å². The van der Waals surface area contributed by atoms with Gasteiger partial charge in [0, 0.05) is 6.08 Å². The second-order valence-electron chi connectivity index (χ2n) is 2.16. The Balaban J connectivity index is 3.62. The van der Waals surface area contributed by atoms with E-state index in [1.807, 2.05) is 0 Å². The average molecular weight is 158 g/mol. The van der Waals surface area contributed by atoms with Gasteiger partial charge in [0.25, 0.3) is 0 Å². The molecule has 0 aliphatic rings. The highest BCUT2D eigenvalue weighted by Crippen LogP contribution is 1.96. The van der Waals surface area contributed by atoms with Crippen LogP contribution in [0.3, 0.4) is 0 Å². The van der Waals surface area contributed by atoms with E-state index in [1.165, 1.54) is 0 Å². The zero-order valence-electron chi connectivity index (χ0n) is 6.49. The first-order chi connectivity index (χ1) is 5.07. The van der Waals surface area contributed by atoms with Gasteiger partial charge in [-0.25, -0.2) is 19.4 Å². The van der Waals surface area contributed by atoms with E-state index in [0.717, 1.165) is 6.08 Å². The Morgan fingerprint density at radius 2 is 1.91 bits per heavy atom. The minimum atomic E-state index is -0.779. The van der Waals surface area contributed by atoms with Gasteiger partial charge in [-0.1, -0.05) is 20.4 Å². The SMILES string of the molecule is C=CC(=O)OOC(=O)C(C)C. The summed E-state index contributed by atoms with van der Waals surface area (Å²) in [6.45, 7) is 6.38. The molecular formula is C7H10O4. The van der Waals surface area contributed by atoms with Crippen LogP contribution in [-0.4, -0.2) is 11.9 Å². The molecule has 0 fully saturated rings. The lowest BCUT2D eigenvalue weighted by molar-refractivity contribution is -0.257. The number of rotatable bonds is 2. The third-order valence-corrected chi connectivity index (χ3v) is 0.844. The molecular weight excluding hydrogens is 148 g/mol. The van der Waals surface area contributed by atoms with Crippen LogP contribution in [0.25, 0.3) is 0 Å². The lowest BCUT2D eigenvalue weighted by Gasteiger charge is -2.01. The number of carbonyl (C=O) groups excluding carboxylic acids is 2. The Bertz CT molecular complexity index is 171. The van der Waals surface area contributed by atoms with Crippen molar-refractivity contribution >= 4 is 11.9 Å². The standard InChI is InChI=1S/C7H10O4/c1-4-6(8)10-11-7(9)5(2)3/h4-5H,1H2,2-3H3. The van der Waals surface area contributed by atoms with Crippen molar-refractivity contribution in [1.29, 1.82) is 0 Å². The van der Waals surface area contributed by atoms with E-state index in [9.17, 15) is 9.59 Å². The fourth-order valence-electron chi connectivity index (χ4n) is 0.212. The third kappa shape index (κ3) is 4.13. The summed E-state index contributed by atoms with van der Waals surface area (Å²) in [6, 6.07) is 0. The van der Waals surface area contributed by atoms with Gasteiger partial charge in [0.15, 0.2) is 0 Å². The minimum absolute atomic E-state index is 0.312. The topological polar surface area (TPSA) is 52.6 Å². The molecule has 0 spiro atoms. The zero-order valence-corrected chi connectivity index (χ0v) is 6.49. The Morgan fingerprint density at radius 3 is 2.27 bits per heavy atom. The smallest absolute Gasteiger partial charge is 0.247 e. The largest absolute Gasteiger partial charge is 0.378 e. The van der Waals surface area contributed by atoms with Crippen molar-refractivity contribution < 1.29 is 19.4 Å². The predicted octanol–water partition coefficient (Wildman–Crippen LogP) is 0.830. The van der Waals surface area contributed by atoms with Crippen LogP contribution in [0.15, 0.2) is 12.7 Å². The molecule has 0 amide bonds. The van der Waals surface area contributed by atoms with E-state index in [4.69, 9.17) is 0 Å². The molecule has 0 aliphatic heterocycles. The highest BCUT2D eigenvalue weighted by Gasteiger charge is 2.10. The fourth-order valence-corrected chi connectivity index (χ4v) is 0.212. The van der Waals surface area contributed by atoms with E-state index in [-0.39, 0.29) is 5.92 Å². The molecule has 0 saturated carbocycles. The summed E-state index contributed by atoms with van der Waals surface area (Å²) in [5, 5.41) is 0. The molecule has 0 saturated heterocycles. The lowest BCUT2D eigenvalue weighted by atomic mass is 10.2. The fraction of sp³-hybridized carbons (Fsp3) is 0.429. The average Bonchev–Trinajstić information content (AvgIpc) is 1.99. The van der Waals surface area contributed by atoms with Crippen LogP contribution in [0.2, 0.25) is 0 Å². The molecule has 0 radical (unpaired) electrons. The Hall–Kier alpha value is -1.32. The van der Waals surface area contributed by atoms with Crippen LogP contribution in [0.4, 0.5) is 0 Å². The van der Waals surface area contributed by atoms with Crippen LogP contribution < -0.4 is 0 Å². The maximum absolute atomic E-state index is 10.6. The zero-order chi connectivity index (χ0) is 8.85. The molecule has 0 rings (SSSR count). The summed E-state index contributed by atoms with van der Waals surface area (Å²) in [6.07, 6.45) is 0.910. The Morgan fingerprint density at radius 1 is 1.36 bits per heavy atom. The Labute approximate surface area is 64.7 Å². The second kappa shape index (κ2) is 4.49. The second-order valence-corrected chi connectivity index (χ2v) is 2.16. The van der Waals surface area contributed by atoms with Gasteiger partial charge in [-0.05, 0) is 0 Å². The maximum atomic E-state index is 10.6. The molecule has 4 heteroatoms. The summed E-state index contributed by atoms with van der Waals surface area (Å²) < 4.78 is 0. The molecule has 0 atom stereocenters. The summed E-state index contributed by atoms with van der Waals surface area (Å²) in [7, 11) is 0. The van der Waals surface area contributed by atoms with Gasteiger partial charge >= 0.3 is 11.9 Å². The lowest BCUT2D eigenvalue weighted by Crippen LogP contribution is -2.14. The quantitative estimate of drug-likeness (QED) is 0.339. The van der Waals surface area contributed by atoms with Crippen LogP contribution in [-0.2, 0) is 19.4 Å². The van der Waals surface area contributed by atoms with Crippen LogP contribution in [0.1, 0.15) is 13.8 Å². The molecule has 0 heterocycles. The summed E-state index contributed by atoms with van der Waals surface area (Å²) in [5.41, 5.74) is 0. The summed E-state index contributed by atoms with van der Waals surface area (Å²) >= 11 is 0. The molecule has 0 bridgehead atoms. The predicted molar refractivity (Wildman–Crippen MR) is 37.2 cm³/mol. The normalized spacial score (nSPS) is 9.00. The molecule has 0 aromatic heterocycles. The molecule has 4 nitrogen and oxygen atoms in total. The minimum Gasteiger partial charge on any atom is -0.247 e. The number of carbonyl (C=O) groups is 2. The monoisotopic (exact) mass is 158 g/mol. The molecule has 0 aliphatic carbocycles. The van der Waals surface area contributed by atoms with E-state index in [0.29, 0.717) is 0 Å². The van der Waals surface area contributed by atoms with Crippen molar-refractivity contribution in [2.45, 2.75) is 13.8 Å². The van der Waals surface area contributed by atoms with Crippen LogP contribution in [0, 0.1) is 5.92 Å². The number of hydrogen-bond donors (Lipinski definition) is 0. The van der Waals surface area contributed by atoms with Gasteiger partial charge in [-0.3, -0.25) is 0 Å². The number of hydrogen-bond acceptors (Lipinski definition) is 4. The van der Waals surface area contributed by atoms with Gasteiger partial charge < -0.3 is 0 Å². The van der Waals surface area contributed by atoms with Crippen LogP contribution in [0.5, 0.6) is 0 Å². The van der Waals surface area contributed by atoms with Crippen molar-refractivity contribution in [2.24, 2.45) is 5.92 Å². The van der Waals surface area contributed by atoms with Crippen molar-refractivity contribution in [3.05, 3.63) is 12.7 Å². The first-order valence-electron chi connectivity index (χ1n) is 3.12. The van der Waals surface area contributed by atoms with Crippen molar-refractivity contribution in [3.63, 3.8) is 0 Å². The van der Waals surface area contributed by atoms with Gasteiger partial charge in [-0.2, -0.15) is 0 Å². The third-order valence-electron chi connectivity index (χ3n) is 0.844. The van der Waals surface area contributed by atoms with E-state index < -0.39 is 11.9 Å². The van der Waals surface area contributed by atoms with E-state index in [1.54, 1.807) is 13.8 Å².